The molecule has 0 N–H and O–H groups in total. The van der Waals surface area contributed by atoms with Gasteiger partial charge in [0.15, 0.2) is 6.10 Å². The van der Waals surface area contributed by atoms with E-state index >= 15 is 0 Å². The van der Waals surface area contributed by atoms with Gasteiger partial charge >= 0.3 is 17.9 Å². The first-order chi connectivity index (χ1) is 37.0. The molecule has 0 fully saturated rings. The number of rotatable bonds is 55. The Morgan fingerprint density at radius 3 is 0.840 bits per heavy atom. The van der Waals surface area contributed by atoms with Gasteiger partial charge in [-0.05, 0) is 128 Å². The third kappa shape index (κ3) is 60.6. The standard InChI is InChI=1S/C69H114O6/c1-4-7-10-13-16-19-22-25-28-31-34-37-40-43-46-49-52-55-58-61-67(70)73-64-66(75-69(72)63-60-57-54-51-48-45-42-39-36-33-30-27-24-21-18-15-12-9-6-3)65-74-68(71)62-59-56-53-50-47-44-41-38-35-32-29-26-23-20-17-14-11-8-5-2/h7,9-10,12,16,18-19,21,25-30,34,36-37,39,43,46,66H,4-6,8,11,13-15,17,20,22-24,31-33,35,38,40-42,44-45,47-65H2,1-3H3/b10-7-,12-9-,19-16-,21-18-,28-25-,29-26-,30-27-,37-34-,39-36-,46-43-. The maximum absolute atomic E-state index is 12.9. The average Bonchev–Trinajstić information content (AvgIpc) is 3.41. The van der Waals surface area contributed by atoms with Crippen molar-refractivity contribution >= 4 is 17.9 Å². The van der Waals surface area contributed by atoms with Gasteiger partial charge < -0.3 is 14.2 Å². The van der Waals surface area contributed by atoms with Crippen LogP contribution in [-0.2, 0) is 28.6 Å². The molecule has 1 atom stereocenters. The lowest BCUT2D eigenvalue weighted by molar-refractivity contribution is -0.167. The molecule has 0 radical (unpaired) electrons. The van der Waals surface area contributed by atoms with Crippen LogP contribution in [0.25, 0.3) is 0 Å². The Morgan fingerprint density at radius 2 is 0.520 bits per heavy atom. The fourth-order valence-corrected chi connectivity index (χ4v) is 8.34. The van der Waals surface area contributed by atoms with E-state index in [1.165, 1.54) is 103 Å². The van der Waals surface area contributed by atoms with Crippen LogP contribution >= 0.6 is 0 Å². The lowest BCUT2D eigenvalue weighted by Gasteiger charge is -2.18. The molecule has 6 nitrogen and oxygen atoms in total. The Labute approximate surface area is 462 Å². The number of carbonyl (C=O) groups excluding carboxylic acids is 3. The molecule has 0 saturated heterocycles. The molecule has 0 aliphatic carbocycles. The molecule has 426 valence electrons. The van der Waals surface area contributed by atoms with Gasteiger partial charge in [0.05, 0.1) is 0 Å². The Bertz CT molecular complexity index is 1570. The second kappa shape index (κ2) is 62.4. The molecule has 75 heavy (non-hydrogen) atoms. The lowest BCUT2D eigenvalue weighted by Crippen LogP contribution is -2.30. The molecule has 0 aromatic heterocycles. The summed E-state index contributed by atoms with van der Waals surface area (Å²) in [7, 11) is 0. The van der Waals surface area contributed by atoms with Crippen LogP contribution in [0.4, 0.5) is 0 Å². The van der Waals surface area contributed by atoms with E-state index in [1.54, 1.807) is 0 Å². The second-order valence-electron chi connectivity index (χ2n) is 20.2. The molecule has 0 rings (SSSR count). The van der Waals surface area contributed by atoms with Gasteiger partial charge in [-0.15, -0.1) is 0 Å². The zero-order valence-electron chi connectivity index (χ0n) is 48.8. The predicted octanol–water partition coefficient (Wildman–Crippen LogP) is 21.2. The summed E-state index contributed by atoms with van der Waals surface area (Å²) in [5.41, 5.74) is 0. The van der Waals surface area contributed by atoms with E-state index in [0.717, 1.165) is 135 Å². The van der Waals surface area contributed by atoms with Gasteiger partial charge in [0.2, 0.25) is 0 Å². The first kappa shape index (κ1) is 70.8. The van der Waals surface area contributed by atoms with E-state index in [2.05, 4.69) is 142 Å². The highest BCUT2D eigenvalue weighted by Crippen LogP contribution is 2.15. The van der Waals surface area contributed by atoms with E-state index < -0.39 is 6.10 Å². The minimum Gasteiger partial charge on any atom is -0.462 e. The van der Waals surface area contributed by atoms with Crippen LogP contribution in [0.1, 0.15) is 278 Å². The van der Waals surface area contributed by atoms with E-state index in [1.807, 2.05) is 0 Å². The van der Waals surface area contributed by atoms with Gasteiger partial charge in [-0.2, -0.15) is 0 Å². The molecule has 0 bridgehead atoms. The van der Waals surface area contributed by atoms with E-state index in [0.29, 0.717) is 19.3 Å². The molecular weight excluding hydrogens is 925 g/mol. The van der Waals surface area contributed by atoms with Crippen molar-refractivity contribution in [1.29, 1.82) is 0 Å². The molecule has 0 aliphatic heterocycles. The second-order valence-corrected chi connectivity index (χ2v) is 20.2. The zero-order valence-corrected chi connectivity index (χ0v) is 48.8. The van der Waals surface area contributed by atoms with Gasteiger partial charge in [0.25, 0.3) is 0 Å². The number of carbonyl (C=O) groups is 3. The maximum atomic E-state index is 12.9. The van der Waals surface area contributed by atoms with Crippen molar-refractivity contribution in [1.82, 2.24) is 0 Å². The summed E-state index contributed by atoms with van der Waals surface area (Å²) in [6.45, 7) is 6.38. The molecule has 0 aromatic carbocycles. The Hall–Kier alpha value is -4.19. The van der Waals surface area contributed by atoms with Crippen LogP contribution in [0.2, 0.25) is 0 Å². The number of unbranched alkanes of at least 4 members (excludes halogenated alkanes) is 24. The fourth-order valence-electron chi connectivity index (χ4n) is 8.34. The van der Waals surface area contributed by atoms with Crippen molar-refractivity contribution in [2.24, 2.45) is 0 Å². The fraction of sp³-hybridized carbons (Fsp3) is 0.667. The quantitative estimate of drug-likeness (QED) is 0.0261. The summed E-state index contributed by atoms with van der Waals surface area (Å²) in [6.07, 6.45) is 86.2. The van der Waals surface area contributed by atoms with E-state index in [9.17, 15) is 14.4 Å². The van der Waals surface area contributed by atoms with Crippen molar-refractivity contribution in [2.75, 3.05) is 13.2 Å². The van der Waals surface area contributed by atoms with Crippen LogP contribution < -0.4 is 0 Å². The van der Waals surface area contributed by atoms with Gasteiger partial charge in [-0.25, -0.2) is 0 Å². The highest BCUT2D eigenvalue weighted by atomic mass is 16.6. The normalized spacial score (nSPS) is 12.9. The first-order valence-corrected chi connectivity index (χ1v) is 31.0. The van der Waals surface area contributed by atoms with Gasteiger partial charge in [0.1, 0.15) is 13.2 Å². The minimum absolute atomic E-state index is 0.0979. The largest absolute Gasteiger partial charge is 0.462 e. The number of ether oxygens (including phenoxy) is 3. The SMILES string of the molecule is CC/C=C\C/C=C\C/C=C\C/C=C\C/C=C\CCCCCC(=O)OCC(COC(=O)CCCCCCCCCCC/C=C\CCCCCCCC)OC(=O)CCCCCCCC/C=C\C/C=C\C/C=C\C/C=C\CC. The topological polar surface area (TPSA) is 78.9 Å². The molecule has 0 aromatic rings. The molecule has 0 heterocycles. The molecule has 0 aliphatic rings. The van der Waals surface area contributed by atoms with Crippen LogP contribution in [0.3, 0.4) is 0 Å². The summed E-state index contributed by atoms with van der Waals surface area (Å²) in [5, 5.41) is 0. The van der Waals surface area contributed by atoms with E-state index in [4.69, 9.17) is 14.2 Å². The van der Waals surface area contributed by atoms with Crippen molar-refractivity contribution < 1.29 is 28.6 Å². The monoisotopic (exact) mass is 1040 g/mol. The van der Waals surface area contributed by atoms with Crippen molar-refractivity contribution in [3.8, 4) is 0 Å². The van der Waals surface area contributed by atoms with Crippen LogP contribution in [0.5, 0.6) is 0 Å². The van der Waals surface area contributed by atoms with Crippen LogP contribution in [0, 0.1) is 0 Å². The summed E-state index contributed by atoms with van der Waals surface area (Å²) >= 11 is 0. The van der Waals surface area contributed by atoms with Crippen LogP contribution in [0.15, 0.2) is 122 Å². The third-order valence-electron chi connectivity index (χ3n) is 12.9. The number of esters is 3. The van der Waals surface area contributed by atoms with E-state index in [-0.39, 0.29) is 31.1 Å². The zero-order chi connectivity index (χ0) is 54.3. The highest BCUT2D eigenvalue weighted by Gasteiger charge is 2.19. The summed E-state index contributed by atoms with van der Waals surface area (Å²) in [4.78, 5) is 38.3. The van der Waals surface area contributed by atoms with Gasteiger partial charge in [0, 0.05) is 19.3 Å². The molecule has 0 saturated carbocycles. The molecule has 1 unspecified atom stereocenters. The summed E-state index contributed by atoms with van der Waals surface area (Å²) in [6, 6.07) is 0. The number of hydrogen-bond donors (Lipinski definition) is 0. The molecule has 0 amide bonds. The van der Waals surface area contributed by atoms with Gasteiger partial charge in [-0.1, -0.05) is 251 Å². The Morgan fingerprint density at radius 1 is 0.280 bits per heavy atom. The maximum Gasteiger partial charge on any atom is 0.306 e. The van der Waals surface area contributed by atoms with Crippen molar-refractivity contribution in [3.63, 3.8) is 0 Å². The van der Waals surface area contributed by atoms with Gasteiger partial charge in [-0.3, -0.25) is 14.4 Å². The third-order valence-corrected chi connectivity index (χ3v) is 12.9. The average molecular weight is 1040 g/mol. The molecule has 6 heteroatoms. The number of allylic oxidation sites excluding steroid dienone is 20. The van der Waals surface area contributed by atoms with Crippen molar-refractivity contribution in [3.05, 3.63) is 122 Å². The summed E-state index contributed by atoms with van der Waals surface area (Å²) in [5.74, 6) is -0.944. The lowest BCUT2D eigenvalue weighted by atomic mass is 10.1. The molecular formula is C69H114O6. The summed E-state index contributed by atoms with van der Waals surface area (Å²) < 4.78 is 16.9. The Balaban J connectivity index is 4.49. The Kier molecular flexibility index (Phi) is 58.9. The predicted molar refractivity (Wildman–Crippen MR) is 325 cm³/mol. The number of hydrogen-bond acceptors (Lipinski definition) is 6. The highest BCUT2D eigenvalue weighted by molar-refractivity contribution is 5.71. The smallest absolute Gasteiger partial charge is 0.306 e. The minimum atomic E-state index is -0.805. The molecule has 0 spiro atoms. The first-order valence-electron chi connectivity index (χ1n) is 31.0. The van der Waals surface area contributed by atoms with Crippen molar-refractivity contribution in [2.45, 2.75) is 284 Å². The van der Waals surface area contributed by atoms with Crippen LogP contribution in [-0.4, -0.2) is 37.2 Å².